The second-order valence-electron chi connectivity index (χ2n) is 5.36. The van der Waals surface area contributed by atoms with Crippen LogP contribution >= 0.6 is 0 Å². The van der Waals surface area contributed by atoms with Gasteiger partial charge in [0.25, 0.3) is 5.91 Å². The van der Waals surface area contributed by atoms with Crippen LogP contribution in [0.5, 0.6) is 0 Å². The Morgan fingerprint density at radius 1 is 1.13 bits per heavy atom. The molecule has 4 nitrogen and oxygen atoms in total. The highest BCUT2D eigenvalue weighted by atomic mass is 32.2. The van der Waals surface area contributed by atoms with E-state index < -0.39 is 15.6 Å². The Morgan fingerprint density at radius 2 is 1.78 bits per heavy atom. The minimum atomic E-state index is -2.82. The van der Waals surface area contributed by atoms with E-state index in [4.69, 9.17) is 0 Å². The molecule has 0 aliphatic rings. The average molecular weight is 326 g/mol. The number of carbonyl (C=O) groups excluding carboxylic acids is 1. The van der Waals surface area contributed by atoms with Gasteiger partial charge in [-0.3, -0.25) is 9.78 Å². The lowest BCUT2D eigenvalue weighted by atomic mass is 10.2. The minimum Gasteiger partial charge on any atom is -0.266 e. The zero-order chi connectivity index (χ0) is 17.0. The molecule has 2 rings (SSSR count). The predicted octanol–water partition coefficient (Wildman–Crippen LogP) is 3.37. The van der Waals surface area contributed by atoms with Gasteiger partial charge >= 0.3 is 0 Å². The van der Waals surface area contributed by atoms with Gasteiger partial charge in [-0.1, -0.05) is 12.0 Å². The predicted molar refractivity (Wildman–Crippen MR) is 91.8 cm³/mol. The van der Waals surface area contributed by atoms with Crippen molar-refractivity contribution in [2.75, 3.05) is 6.26 Å². The van der Waals surface area contributed by atoms with Gasteiger partial charge in [-0.2, -0.15) is 4.36 Å². The van der Waals surface area contributed by atoms with E-state index in [1.54, 1.807) is 31.3 Å². The van der Waals surface area contributed by atoms with Crippen molar-refractivity contribution in [1.29, 1.82) is 0 Å². The number of carbonyl (C=O) groups is 1. The van der Waals surface area contributed by atoms with Crippen molar-refractivity contribution in [1.82, 2.24) is 4.98 Å². The maximum absolute atomic E-state index is 12.9. The summed E-state index contributed by atoms with van der Waals surface area (Å²) in [6.45, 7) is 5.55. The molecule has 0 bridgehead atoms. The average Bonchev–Trinajstić information content (AvgIpc) is 2.46. The first-order chi connectivity index (χ1) is 10.8. The zero-order valence-corrected chi connectivity index (χ0v) is 14.4. The minimum absolute atomic E-state index is 0.282. The lowest BCUT2D eigenvalue weighted by Gasteiger charge is -2.07. The van der Waals surface area contributed by atoms with Gasteiger partial charge in [0.1, 0.15) is 0 Å². The highest BCUT2D eigenvalue weighted by Crippen LogP contribution is 2.17. The molecule has 1 heterocycles. The van der Waals surface area contributed by atoms with E-state index >= 15 is 0 Å². The zero-order valence-electron chi connectivity index (χ0n) is 13.6. The van der Waals surface area contributed by atoms with Crippen LogP contribution in [0.15, 0.2) is 45.9 Å². The van der Waals surface area contributed by atoms with Crippen LogP contribution in [0.3, 0.4) is 0 Å². The summed E-state index contributed by atoms with van der Waals surface area (Å²) in [5, 5.41) is 0. The summed E-state index contributed by atoms with van der Waals surface area (Å²) in [5.41, 5.74) is 2.88. The third-order valence-corrected chi connectivity index (χ3v) is 4.77. The molecule has 1 atom stereocenters. The van der Waals surface area contributed by atoms with E-state index in [0.717, 1.165) is 11.1 Å². The summed E-state index contributed by atoms with van der Waals surface area (Å²) in [6, 6.07) is 7.18. The Labute approximate surface area is 137 Å². The molecule has 5 heteroatoms. The highest BCUT2D eigenvalue weighted by Gasteiger charge is 2.13. The van der Waals surface area contributed by atoms with E-state index in [0.29, 0.717) is 10.5 Å². The van der Waals surface area contributed by atoms with E-state index in [9.17, 15) is 9.00 Å². The summed E-state index contributed by atoms with van der Waals surface area (Å²) in [4.78, 5) is 16.9. The first-order valence-electron chi connectivity index (χ1n) is 7.04. The Balaban J connectivity index is 2.46. The molecule has 2 aromatic rings. The Bertz CT molecular complexity index is 923. The smallest absolute Gasteiger partial charge is 0.266 e. The van der Waals surface area contributed by atoms with Gasteiger partial charge < -0.3 is 0 Å². The van der Waals surface area contributed by atoms with E-state index in [-0.39, 0.29) is 5.56 Å². The topological polar surface area (TPSA) is 59.4 Å². The molecule has 0 N–H and O–H groups in total. The number of amides is 1. The largest absolute Gasteiger partial charge is 0.286 e. The van der Waals surface area contributed by atoms with E-state index in [1.165, 1.54) is 12.5 Å². The molecule has 0 saturated carbocycles. The fourth-order valence-corrected chi connectivity index (χ4v) is 3.52. The lowest BCUT2D eigenvalue weighted by Crippen LogP contribution is -2.05. The first kappa shape index (κ1) is 16.9. The standard InChI is InChI=1S/C18H18N2O2S/c1-5-6-15-10-16(12-19-11-15)18(21)20-23(4,22)17-8-13(2)7-14(3)9-17/h7-12H,1-4H3. The van der Waals surface area contributed by atoms with Crippen LogP contribution in [0.4, 0.5) is 0 Å². The van der Waals surface area contributed by atoms with Crippen LogP contribution in [0.2, 0.25) is 0 Å². The van der Waals surface area contributed by atoms with Gasteiger partial charge in [0, 0.05) is 29.1 Å². The molecule has 23 heavy (non-hydrogen) atoms. The Kier molecular flexibility index (Phi) is 4.97. The molecular weight excluding hydrogens is 308 g/mol. The number of hydrogen-bond donors (Lipinski definition) is 0. The van der Waals surface area contributed by atoms with Crippen molar-refractivity contribution in [3.63, 3.8) is 0 Å². The fourth-order valence-electron chi connectivity index (χ4n) is 2.18. The summed E-state index contributed by atoms with van der Waals surface area (Å²) in [5.74, 6) is 5.03. The molecule has 1 aromatic heterocycles. The molecule has 0 aliphatic heterocycles. The van der Waals surface area contributed by atoms with Crippen molar-refractivity contribution in [2.45, 2.75) is 25.7 Å². The third kappa shape index (κ3) is 4.27. The fraction of sp³-hybridized carbons (Fsp3) is 0.222. The molecule has 0 spiro atoms. The molecule has 1 unspecified atom stereocenters. The number of aryl methyl sites for hydroxylation is 2. The quantitative estimate of drug-likeness (QED) is 0.795. The number of benzene rings is 1. The second kappa shape index (κ2) is 6.76. The molecule has 0 saturated heterocycles. The van der Waals surface area contributed by atoms with Crippen LogP contribution < -0.4 is 0 Å². The molecule has 0 fully saturated rings. The number of hydrogen-bond acceptors (Lipinski definition) is 3. The second-order valence-corrected chi connectivity index (χ2v) is 7.62. The van der Waals surface area contributed by atoms with Crippen molar-refractivity contribution < 1.29 is 9.00 Å². The number of aromatic nitrogens is 1. The van der Waals surface area contributed by atoms with Gasteiger partial charge in [0.05, 0.1) is 15.3 Å². The van der Waals surface area contributed by atoms with Crippen molar-refractivity contribution in [3.8, 4) is 11.8 Å². The van der Waals surface area contributed by atoms with Crippen molar-refractivity contribution in [2.24, 2.45) is 4.36 Å². The number of nitrogens with zero attached hydrogens (tertiary/aromatic N) is 2. The Hall–Kier alpha value is -2.45. The van der Waals surface area contributed by atoms with Crippen LogP contribution in [0.25, 0.3) is 0 Å². The third-order valence-electron chi connectivity index (χ3n) is 3.14. The van der Waals surface area contributed by atoms with E-state index in [1.807, 2.05) is 19.9 Å². The number of pyridine rings is 1. The summed E-state index contributed by atoms with van der Waals surface area (Å²) in [7, 11) is -2.82. The maximum Gasteiger partial charge on any atom is 0.286 e. The monoisotopic (exact) mass is 326 g/mol. The van der Waals surface area contributed by atoms with Crippen LogP contribution in [0.1, 0.15) is 34.0 Å². The molecule has 0 radical (unpaired) electrons. The maximum atomic E-state index is 12.9. The van der Waals surface area contributed by atoms with Gasteiger partial charge in [-0.05, 0) is 50.1 Å². The van der Waals surface area contributed by atoms with Gasteiger partial charge in [-0.15, -0.1) is 5.92 Å². The lowest BCUT2D eigenvalue weighted by molar-refractivity contribution is 0.100. The molecule has 1 amide bonds. The van der Waals surface area contributed by atoms with Crippen LogP contribution in [-0.4, -0.2) is 21.4 Å². The Morgan fingerprint density at radius 3 is 2.39 bits per heavy atom. The van der Waals surface area contributed by atoms with Gasteiger partial charge in [0.15, 0.2) is 0 Å². The van der Waals surface area contributed by atoms with Crippen molar-refractivity contribution >= 4 is 15.6 Å². The van der Waals surface area contributed by atoms with Gasteiger partial charge in [0.2, 0.25) is 0 Å². The van der Waals surface area contributed by atoms with Crippen LogP contribution in [-0.2, 0) is 9.73 Å². The number of rotatable bonds is 2. The summed E-state index contributed by atoms with van der Waals surface area (Å²) in [6.07, 6.45) is 4.45. The molecule has 1 aromatic carbocycles. The molecular formula is C18H18N2O2S. The summed E-state index contributed by atoms with van der Waals surface area (Å²) >= 11 is 0. The summed E-state index contributed by atoms with van der Waals surface area (Å²) < 4.78 is 16.8. The molecule has 118 valence electrons. The first-order valence-corrected chi connectivity index (χ1v) is 8.97. The normalized spacial score (nSPS) is 12.7. The van der Waals surface area contributed by atoms with E-state index in [2.05, 4.69) is 21.2 Å². The molecule has 0 aliphatic carbocycles. The van der Waals surface area contributed by atoms with Gasteiger partial charge in [-0.25, -0.2) is 4.21 Å². The van der Waals surface area contributed by atoms with Crippen LogP contribution in [0, 0.1) is 25.7 Å². The SMILES string of the molecule is CC#Cc1cncc(C(=O)N=S(C)(=O)c2cc(C)cc(C)c2)c1. The van der Waals surface area contributed by atoms with Crippen molar-refractivity contribution in [3.05, 3.63) is 58.9 Å². The highest BCUT2D eigenvalue weighted by molar-refractivity contribution is 7.93.